The zero-order valence-corrected chi connectivity index (χ0v) is 11.0. The molecule has 1 aliphatic heterocycles. The second-order valence-corrected chi connectivity index (χ2v) is 5.16. The van der Waals surface area contributed by atoms with E-state index in [1.54, 1.807) is 0 Å². The standard InChI is InChI=1S/C13H26N2O/c1-4-5-6-7-15(3)13(16)12-8-11(2)9-14-10-12/h11-12,14H,4-10H2,1-3H3. The maximum absolute atomic E-state index is 12.1. The van der Waals surface area contributed by atoms with Crippen LogP contribution in [0.3, 0.4) is 0 Å². The lowest BCUT2D eigenvalue weighted by atomic mass is 9.91. The number of piperidine rings is 1. The van der Waals surface area contributed by atoms with Crippen molar-refractivity contribution >= 4 is 5.91 Å². The first-order valence-corrected chi connectivity index (χ1v) is 6.60. The van der Waals surface area contributed by atoms with Crippen molar-refractivity contribution < 1.29 is 4.79 Å². The van der Waals surface area contributed by atoms with E-state index in [-0.39, 0.29) is 5.92 Å². The van der Waals surface area contributed by atoms with Crippen LogP contribution in [0, 0.1) is 11.8 Å². The van der Waals surface area contributed by atoms with Crippen LogP contribution < -0.4 is 5.32 Å². The summed E-state index contributed by atoms with van der Waals surface area (Å²) in [6, 6.07) is 0. The number of nitrogens with zero attached hydrogens (tertiary/aromatic N) is 1. The van der Waals surface area contributed by atoms with E-state index in [0.717, 1.165) is 32.5 Å². The number of hydrogen-bond acceptors (Lipinski definition) is 2. The van der Waals surface area contributed by atoms with Gasteiger partial charge in [-0.15, -0.1) is 0 Å². The molecule has 1 N–H and O–H groups in total. The van der Waals surface area contributed by atoms with E-state index >= 15 is 0 Å². The Labute approximate surface area is 99.6 Å². The third-order valence-corrected chi connectivity index (χ3v) is 3.39. The van der Waals surface area contributed by atoms with Gasteiger partial charge in [0.1, 0.15) is 0 Å². The van der Waals surface area contributed by atoms with E-state index in [0.29, 0.717) is 11.8 Å². The van der Waals surface area contributed by atoms with Crippen LogP contribution in [-0.4, -0.2) is 37.5 Å². The lowest BCUT2D eigenvalue weighted by molar-refractivity contribution is -0.135. The highest BCUT2D eigenvalue weighted by atomic mass is 16.2. The Bertz CT molecular complexity index is 218. The van der Waals surface area contributed by atoms with Gasteiger partial charge in [-0.1, -0.05) is 26.7 Å². The van der Waals surface area contributed by atoms with Gasteiger partial charge >= 0.3 is 0 Å². The molecule has 94 valence electrons. The molecule has 0 spiro atoms. The maximum atomic E-state index is 12.1. The fraction of sp³-hybridized carbons (Fsp3) is 0.923. The second-order valence-electron chi connectivity index (χ2n) is 5.16. The minimum atomic E-state index is 0.204. The molecule has 1 saturated heterocycles. The summed E-state index contributed by atoms with van der Waals surface area (Å²) in [5.41, 5.74) is 0. The number of unbranched alkanes of at least 4 members (excludes halogenated alkanes) is 2. The van der Waals surface area contributed by atoms with Crippen LogP contribution in [0.4, 0.5) is 0 Å². The summed E-state index contributed by atoms with van der Waals surface area (Å²) < 4.78 is 0. The van der Waals surface area contributed by atoms with Crippen molar-refractivity contribution in [1.29, 1.82) is 0 Å². The zero-order valence-electron chi connectivity index (χ0n) is 11.0. The van der Waals surface area contributed by atoms with Crippen LogP contribution in [0.5, 0.6) is 0 Å². The molecular formula is C13H26N2O. The summed E-state index contributed by atoms with van der Waals surface area (Å²) in [6.45, 7) is 7.24. The molecule has 1 aliphatic rings. The van der Waals surface area contributed by atoms with Crippen molar-refractivity contribution in [2.24, 2.45) is 11.8 Å². The average Bonchev–Trinajstić information content (AvgIpc) is 2.28. The molecule has 16 heavy (non-hydrogen) atoms. The largest absolute Gasteiger partial charge is 0.345 e. The molecule has 0 saturated carbocycles. The van der Waals surface area contributed by atoms with Gasteiger partial charge in [-0.3, -0.25) is 4.79 Å². The van der Waals surface area contributed by atoms with Crippen LogP contribution in [0.2, 0.25) is 0 Å². The van der Waals surface area contributed by atoms with E-state index in [1.165, 1.54) is 12.8 Å². The number of rotatable bonds is 5. The summed E-state index contributed by atoms with van der Waals surface area (Å²) in [5.74, 6) is 1.16. The Morgan fingerprint density at radius 3 is 2.75 bits per heavy atom. The normalized spacial score (nSPS) is 25.4. The number of nitrogens with one attached hydrogen (secondary N) is 1. The predicted octanol–water partition coefficient (Wildman–Crippen LogP) is 1.88. The quantitative estimate of drug-likeness (QED) is 0.726. The highest BCUT2D eigenvalue weighted by Crippen LogP contribution is 2.17. The summed E-state index contributed by atoms with van der Waals surface area (Å²) >= 11 is 0. The molecule has 0 bridgehead atoms. The number of carbonyl (C=O) groups excluding carboxylic acids is 1. The van der Waals surface area contributed by atoms with Crippen molar-refractivity contribution in [1.82, 2.24) is 10.2 Å². The highest BCUT2D eigenvalue weighted by molar-refractivity contribution is 5.78. The highest BCUT2D eigenvalue weighted by Gasteiger charge is 2.26. The van der Waals surface area contributed by atoms with Crippen molar-refractivity contribution in [3.63, 3.8) is 0 Å². The van der Waals surface area contributed by atoms with Gasteiger partial charge in [0.15, 0.2) is 0 Å². The molecule has 0 aromatic rings. The topological polar surface area (TPSA) is 32.3 Å². The van der Waals surface area contributed by atoms with Crippen LogP contribution >= 0.6 is 0 Å². The Morgan fingerprint density at radius 1 is 1.38 bits per heavy atom. The molecule has 0 radical (unpaired) electrons. The Hall–Kier alpha value is -0.570. The molecular weight excluding hydrogens is 200 g/mol. The smallest absolute Gasteiger partial charge is 0.226 e. The van der Waals surface area contributed by atoms with Gasteiger partial charge in [0, 0.05) is 20.1 Å². The van der Waals surface area contributed by atoms with Crippen molar-refractivity contribution in [3.8, 4) is 0 Å². The van der Waals surface area contributed by atoms with Crippen LogP contribution in [0.25, 0.3) is 0 Å². The molecule has 1 amide bonds. The summed E-state index contributed by atoms with van der Waals surface area (Å²) in [6.07, 6.45) is 4.61. The van der Waals surface area contributed by atoms with Gasteiger partial charge in [-0.2, -0.15) is 0 Å². The van der Waals surface area contributed by atoms with Crippen LogP contribution in [-0.2, 0) is 4.79 Å². The lowest BCUT2D eigenvalue weighted by Crippen LogP contribution is -2.44. The first kappa shape index (κ1) is 13.5. The predicted molar refractivity (Wildman–Crippen MR) is 67.3 cm³/mol. The molecule has 1 heterocycles. The van der Waals surface area contributed by atoms with Crippen LogP contribution in [0.15, 0.2) is 0 Å². The third kappa shape index (κ3) is 4.12. The Balaban J connectivity index is 2.31. The number of carbonyl (C=O) groups is 1. The van der Waals surface area contributed by atoms with Crippen LogP contribution in [0.1, 0.15) is 39.5 Å². The first-order valence-electron chi connectivity index (χ1n) is 6.60. The Kier molecular flexibility index (Phi) is 5.81. The molecule has 3 heteroatoms. The maximum Gasteiger partial charge on any atom is 0.226 e. The van der Waals surface area contributed by atoms with Crippen molar-refractivity contribution in [2.45, 2.75) is 39.5 Å². The van der Waals surface area contributed by atoms with Gasteiger partial charge in [0.2, 0.25) is 5.91 Å². The molecule has 1 rings (SSSR count). The summed E-state index contributed by atoms with van der Waals surface area (Å²) in [4.78, 5) is 14.0. The van der Waals surface area contributed by atoms with E-state index < -0.39 is 0 Å². The van der Waals surface area contributed by atoms with Crippen molar-refractivity contribution in [2.75, 3.05) is 26.7 Å². The zero-order chi connectivity index (χ0) is 12.0. The summed E-state index contributed by atoms with van der Waals surface area (Å²) in [7, 11) is 1.94. The van der Waals surface area contributed by atoms with E-state index in [1.807, 2.05) is 11.9 Å². The fourth-order valence-electron chi connectivity index (χ4n) is 2.37. The molecule has 1 fully saturated rings. The van der Waals surface area contributed by atoms with Gasteiger partial charge < -0.3 is 10.2 Å². The van der Waals surface area contributed by atoms with E-state index in [4.69, 9.17) is 0 Å². The van der Waals surface area contributed by atoms with Gasteiger partial charge in [0.25, 0.3) is 0 Å². The third-order valence-electron chi connectivity index (χ3n) is 3.39. The minimum absolute atomic E-state index is 0.204. The molecule has 0 aliphatic carbocycles. The number of hydrogen-bond donors (Lipinski definition) is 1. The number of amides is 1. The SMILES string of the molecule is CCCCCN(C)C(=O)C1CNCC(C)C1. The summed E-state index contributed by atoms with van der Waals surface area (Å²) in [5, 5.41) is 3.34. The molecule has 0 aromatic heterocycles. The Morgan fingerprint density at radius 2 is 2.12 bits per heavy atom. The molecule has 0 aromatic carbocycles. The minimum Gasteiger partial charge on any atom is -0.345 e. The molecule has 2 atom stereocenters. The average molecular weight is 226 g/mol. The second kappa shape index (κ2) is 6.89. The van der Waals surface area contributed by atoms with Gasteiger partial charge in [0.05, 0.1) is 5.92 Å². The van der Waals surface area contributed by atoms with Crippen molar-refractivity contribution in [3.05, 3.63) is 0 Å². The fourth-order valence-corrected chi connectivity index (χ4v) is 2.37. The lowest BCUT2D eigenvalue weighted by Gasteiger charge is -2.30. The van der Waals surface area contributed by atoms with Gasteiger partial charge in [-0.25, -0.2) is 0 Å². The van der Waals surface area contributed by atoms with E-state index in [2.05, 4.69) is 19.2 Å². The molecule has 2 unspecified atom stereocenters. The van der Waals surface area contributed by atoms with E-state index in [9.17, 15) is 4.79 Å². The molecule has 3 nitrogen and oxygen atoms in total. The monoisotopic (exact) mass is 226 g/mol. The van der Waals surface area contributed by atoms with Gasteiger partial charge in [-0.05, 0) is 25.3 Å². The first-order chi connectivity index (χ1) is 7.65.